The maximum Gasteiger partial charge on any atom is 0.197 e. The van der Waals surface area contributed by atoms with Gasteiger partial charge in [0.2, 0.25) is 0 Å². The van der Waals surface area contributed by atoms with Gasteiger partial charge in [-0.05, 0) is 36.6 Å². The highest BCUT2D eigenvalue weighted by atomic mass is 35.5. The molecule has 19 heavy (non-hydrogen) atoms. The maximum atomic E-state index is 6.14. The van der Waals surface area contributed by atoms with E-state index < -0.39 is 0 Å². The molecule has 2 heterocycles. The Morgan fingerprint density at radius 1 is 1.42 bits per heavy atom. The van der Waals surface area contributed by atoms with Crippen molar-refractivity contribution in [3.05, 3.63) is 41.1 Å². The van der Waals surface area contributed by atoms with Gasteiger partial charge in [-0.3, -0.25) is 4.68 Å². The van der Waals surface area contributed by atoms with Gasteiger partial charge in [0.05, 0.1) is 18.0 Å². The van der Waals surface area contributed by atoms with Crippen LogP contribution in [0.2, 0.25) is 5.22 Å². The van der Waals surface area contributed by atoms with E-state index >= 15 is 0 Å². The van der Waals surface area contributed by atoms with Crippen molar-refractivity contribution in [2.75, 3.05) is 0 Å². The third-order valence-corrected chi connectivity index (χ3v) is 4.14. The van der Waals surface area contributed by atoms with Gasteiger partial charge in [-0.25, -0.2) is 0 Å². The van der Waals surface area contributed by atoms with E-state index in [0.717, 1.165) is 11.3 Å². The monoisotopic (exact) mass is 279 g/mol. The minimum atomic E-state index is -0.168. The van der Waals surface area contributed by atoms with Crippen LogP contribution in [0, 0.1) is 0 Å². The quantitative estimate of drug-likeness (QED) is 0.932. The number of nitrogens with two attached hydrogens (primary N) is 1. The Bertz CT molecular complexity index is 542. The van der Waals surface area contributed by atoms with E-state index in [2.05, 4.69) is 16.0 Å². The van der Waals surface area contributed by atoms with E-state index in [1.165, 1.54) is 25.7 Å². The first-order valence-corrected chi connectivity index (χ1v) is 7.14. The molecule has 1 saturated carbocycles. The van der Waals surface area contributed by atoms with Gasteiger partial charge in [0.25, 0.3) is 0 Å². The van der Waals surface area contributed by atoms with Crippen LogP contribution < -0.4 is 5.73 Å². The van der Waals surface area contributed by atoms with Gasteiger partial charge in [0.15, 0.2) is 5.22 Å². The molecule has 1 aliphatic rings. The molecule has 0 spiro atoms. The molecule has 4 nitrogen and oxygen atoms in total. The smallest absolute Gasteiger partial charge is 0.197 e. The molecule has 0 saturated heterocycles. The third-order valence-electron chi connectivity index (χ3n) is 3.84. The van der Waals surface area contributed by atoms with E-state index in [-0.39, 0.29) is 6.04 Å². The summed E-state index contributed by atoms with van der Waals surface area (Å²) in [7, 11) is 0. The van der Waals surface area contributed by atoms with E-state index in [9.17, 15) is 0 Å². The molecule has 0 amide bonds. The molecule has 102 valence electrons. The lowest BCUT2D eigenvalue weighted by molar-refractivity contribution is 0.461. The lowest BCUT2D eigenvalue weighted by Crippen LogP contribution is -2.14. The van der Waals surface area contributed by atoms with Crippen LogP contribution in [-0.4, -0.2) is 9.78 Å². The zero-order valence-electron chi connectivity index (χ0n) is 10.8. The van der Waals surface area contributed by atoms with Crippen LogP contribution in [-0.2, 0) is 6.42 Å². The fourth-order valence-corrected chi connectivity index (χ4v) is 3.02. The van der Waals surface area contributed by atoms with Gasteiger partial charge >= 0.3 is 0 Å². The third kappa shape index (κ3) is 2.69. The average molecular weight is 280 g/mol. The zero-order chi connectivity index (χ0) is 13.2. The molecule has 3 rings (SSSR count). The number of hydrogen-bond donors (Lipinski definition) is 1. The van der Waals surface area contributed by atoms with Crippen molar-refractivity contribution in [3.63, 3.8) is 0 Å². The first-order valence-electron chi connectivity index (χ1n) is 6.76. The second-order valence-corrected chi connectivity index (χ2v) is 5.53. The molecule has 1 unspecified atom stereocenters. The molecule has 0 aromatic carbocycles. The normalized spacial score (nSPS) is 18.0. The number of halogens is 1. The first-order chi connectivity index (χ1) is 9.24. The summed E-state index contributed by atoms with van der Waals surface area (Å²) in [5, 5.41) is 5.01. The molecule has 2 aromatic rings. The van der Waals surface area contributed by atoms with Crippen molar-refractivity contribution in [1.82, 2.24) is 9.78 Å². The van der Waals surface area contributed by atoms with E-state index in [1.807, 2.05) is 12.1 Å². The molecule has 0 radical (unpaired) electrons. The van der Waals surface area contributed by atoms with Gasteiger partial charge in [-0.1, -0.05) is 12.8 Å². The molecule has 1 atom stereocenters. The van der Waals surface area contributed by atoms with Gasteiger partial charge in [-0.2, -0.15) is 5.10 Å². The minimum absolute atomic E-state index is 0.168. The minimum Gasteiger partial charge on any atom is -0.453 e. The van der Waals surface area contributed by atoms with Crippen LogP contribution in [0.15, 0.2) is 29.0 Å². The maximum absolute atomic E-state index is 6.14. The highest BCUT2D eigenvalue weighted by molar-refractivity contribution is 6.29. The van der Waals surface area contributed by atoms with Crippen LogP contribution in [0.1, 0.15) is 49.0 Å². The predicted molar refractivity (Wildman–Crippen MR) is 74.1 cm³/mol. The average Bonchev–Trinajstić information content (AvgIpc) is 3.07. The Morgan fingerprint density at radius 3 is 2.89 bits per heavy atom. The lowest BCUT2D eigenvalue weighted by atomic mass is 10.1. The standard InChI is InChI=1S/C14H18ClN3O/c15-14-12(6-8-19-14)13(16)9-10-5-7-18(17-10)11-3-1-2-4-11/h5-8,11,13H,1-4,9,16H2. The summed E-state index contributed by atoms with van der Waals surface area (Å²) in [5.74, 6) is 0. The van der Waals surface area contributed by atoms with Crippen LogP contribution >= 0.6 is 11.6 Å². The second-order valence-electron chi connectivity index (χ2n) is 5.19. The molecule has 0 bridgehead atoms. The topological polar surface area (TPSA) is 57.0 Å². The first kappa shape index (κ1) is 12.8. The van der Waals surface area contributed by atoms with Crippen LogP contribution in [0.4, 0.5) is 0 Å². The second kappa shape index (κ2) is 5.39. The summed E-state index contributed by atoms with van der Waals surface area (Å²) < 4.78 is 7.16. The fourth-order valence-electron chi connectivity index (χ4n) is 2.76. The Morgan fingerprint density at radius 2 is 2.21 bits per heavy atom. The van der Waals surface area contributed by atoms with Crippen molar-refractivity contribution in [1.29, 1.82) is 0 Å². The SMILES string of the molecule is NC(Cc1ccn(C2CCCC2)n1)c1ccoc1Cl. The Hall–Kier alpha value is -1.26. The fraction of sp³-hybridized carbons (Fsp3) is 0.500. The Labute approximate surface area is 117 Å². The van der Waals surface area contributed by atoms with Gasteiger partial charge in [0.1, 0.15) is 0 Å². The highest BCUT2D eigenvalue weighted by Crippen LogP contribution is 2.29. The van der Waals surface area contributed by atoms with Crippen LogP contribution in [0.25, 0.3) is 0 Å². The van der Waals surface area contributed by atoms with E-state index in [0.29, 0.717) is 17.7 Å². The molecular weight excluding hydrogens is 262 g/mol. The van der Waals surface area contributed by atoms with Gasteiger partial charge in [0, 0.05) is 24.2 Å². The van der Waals surface area contributed by atoms with Gasteiger partial charge < -0.3 is 10.2 Å². The van der Waals surface area contributed by atoms with Crippen molar-refractivity contribution in [2.45, 2.75) is 44.2 Å². The molecule has 2 aromatic heterocycles. The number of rotatable bonds is 4. The Balaban J connectivity index is 1.68. The largest absolute Gasteiger partial charge is 0.453 e. The number of furan rings is 1. The number of nitrogens with zero attached hydrogens (tertiary/aromatic N) is 2. The van der Waals surface area contributed by atoms with Crippen LogP contribution in [0.3, 0.4) is 0 Å². The van der Waals surface area contributed by atoms with E-state index in [4.69, 9.17) is 21.8 Å². The zero-order valence-corrected chi connectivity index (χ0v) is 11.5. The number of aromatic nitrogens is 2. The molecule has 2 N–H and O–H groups in total. The summed E-state index contributed by atoms with van der Waals surface area (Å²) in [6.45, 7) is 0. The van der Waals surface area contributed by atoms with Crippen molar-refractivity contribution < 1.29 is 4.42 Å². The summed E-state index contributed by atoms with van der Waals surface area (Å²) in [4.78, 5) is 0. The molecular formula is C14H18ClN3O. The number of hydrogen-bond acceptors (Lipinski definition) is 3. The highest BCUT2D eigenvalue weighted by Gasteiger charge is 2.19. The summed E-state index contributed by atoms with van der Waals surface area (Å²) in [6, 6.07) is 4.27. The van der Waals surface area contributed by atoms with E-state index in [1.54, 1.807) is 6.26 Å². The summed E-state index contributed by atoms with van der Waals surface area (Å²) in [5.41, 5.74) is 8.00. The summed E-state index contributed by atoms with van der Waals surface area (Å²) in [6.07, 6.45) is 9.40. The Kier molecular flexibility index (Phi) is 3.62. The summed E-state index contributed by atoms with van der Waals surface area (Å²) >= 11 is 5.94. The predicted octanol–water partition coefficient (Wildman–Crippen LogP) is 3.49. The van der Waals surface area contributed by atoms with Crippen molar-refractivity contribution >= 4 is 11.6 Å². The molecule has 5 heteroatoms. The van der Waals surface area contributed by atoms with Crippen molar-refractivity contribution in [3.8, 4) is 0 Å². The van der Waals surface area contributed by atoms with Crippen molar-refractivity contribution in [2.24, 2.45) is 5.73 Å². The molecule has 1 fully saturated rings. The molecule has 1 aliphatic carbocycles. The molecule has 0 aliphatic heterocycles. The lowest BCUT2D eigenvalue weighted by Gasteiger charge is -2.10. The van der Waals surface area contributed by atoms with Crippen LogP contribution in [0.5, 0.6) is 0 Å². The van der Waals surface area contributed by atoms with Gasteiger partial charge in [-0.15, -0.1) is 0 Å².